The van der Waals surface area contributed by atoms with Gasteiger partial charge < -0.3 is 9.84 Å². The molecule has 0 unspecified atom stereocenters. The normalized spacial score (nSPS) is 10.8. The van der Waals surface area contributed by atoms with Crippen LogP contribution < -0.4 is 4.74 Å². The monoisotopic (exact) mass is 275 g/mol. The van der Waals surface area contributed by atoms with Crippen molar-refractivity contribution in [1.29, 1.82) is 0 Å². The first-order valence-electron chi connectivity index (χ1n) is 5.61. The van der Waals surface area contributed by atoms with E-state index in [9.17, 15) is 9.50 Å². The van der Waals surface area contributed by atoms with Gasteiger partial charge in [-0.2, -0.15) is 0 Å². The summed E-state index contributed by atoms with van der Waals surface area (Å²) in [5, 5.41) is 10.4. The van der Waals surface area contributed by atoms with Crippen LogP contribution in [0.2, 0.25) is 0 Å². The zero-order valence-corrected chi connectivity index (χ0v) is 10.9. The van der Waals surface area contributed by atoms with E-state index in [1.165, 1.54) is 29.5 Å². The number of benzene rings is 2. The molecule has 0 saturated heterocycles. The second kappa shape index (κ2) is 4.51. The molecule has 19 heavy (non-hydrogen) atoms. The van der Waals surface area contributed by atoms with Gasteiger partial charge in [0.1, 0.15) is 22.3 Å². The summed E-state index contributed by atoms with van der Waals surface area (Å²) < 4.78 is 19.3. The summed E-state index contributed by atoms with van der Waals surface area (Å²) in [6.07, 6.45) is 0. The molecule has 0 bridgehead atoms. The lowest BCUT2D eigenvalue weighted by atomic mass is 10.2. The maximum atomic E-state index is 13.3. The highest BCUT2D eigenvalue weighted by atomic mass is 32.1. The smallest absolute Gasteiger partial charge is 0.128 e. The van der Waals surface area contributed by atoms with Crippen LogP contribution in [-0.4, -0.2) is 17.2 Å². The van der Waals surface area contributed by atoms with Crippen LogP contribution in [0.1, 0.15) is 0 Å². The van der Waals surface area contributed by atoms with Crippen LogP contribution in [0, 0.1) is 5.82 Å². The second-order valence-electron chi connectivity index (χ2n) is 4.01. The van der Waals surface area contributed by atoms with E-state index >= 15 is 0 Å². The Bertz CT molecular complexity index is 754. The molecule has 5 heteroatoms. The van der Waals surface area contributed by atoms with E-state index in [1.54, 1.807) is 7.11 Å². The Morgan fingerprint density at radius 1 is 1.21 bits per heavy atom. The Morgan fingerprint density at radius 3 is 2.84 bits per heavy atom. The first-order chi connectivity index (χ1) is 9.17. The molecular weight excluding hydrogens is 265 g/mol. The second-order valence-corrected chi connectivity index (χ2v) is 5.04. The summed E-state index contributed by atoms with van der Waals surface area (Å²) in [6, 6.07) is 9.35. The van der Waals surface area contributed by atoms with Crippen molar-refractivity contribution in [3.63, 3.8) is 0 Å². The van der Waals surface area contributed by atoms with E-state index in [0.717, 1.165) is 16.0 Å². The fourth-order valence-corrected chi connectivity index (χ4v) is 2.85. The van der Waals surface area contributed by atoms with E-state index in [0.29, 0.717) is 10.6 Å². The number of halogens is 1. The lowest BCUT2D eigenvalue weighted by Gasteiger charge is -1.99. The van der Waals surface area contributed by atoms with Gasteiger partial charge in [-0.25, -0.2) is 9.37 Å². The molecule has 1 heterocycles. The molecule has 0 atom stereocenters. The van der Waals surface area contributed by atoms with Gasteiger partial charge in [0.2, 0.25) is 0 Å². The summed E-state index contributed by atoms with van der Waals surface area (Å²) in [6.45, 7) is 0. The van der Waals surface area contributed by atoms with E-state index in [4.69, 9.17) is 4.74 Å². The molecule has 0 aliphatic heterocycles. The van der Waals surface area contributed by atoms with Crippen LogP contribution in [0.3, 0.4) is 0 Å². The van der Waals surface area contributed by atoms with Gasteiger partial charge in [0.25, 0.3) is 0 Å². The van der Waals surface area contributed by atoms with Crippen molar-refractivity contribution in [2.45, 2.75) is 0 Å². The molecule has 3 nitrogen and oxygen atoms in total. The van der Waals surface area contributed by atoms with Crippen LogP contribution in [0.4, 0.5) is 4.39 Å². The van der Waals surface area contributed by atoms with E-state index in [1.807, 2.05) is 18.2 Å². The first-order valence-corrected chi connectivity index (χ1v) is 6.42. The molecular formula is C14H10FNO2S. The third kappa shape index (κ3) is 2.13. The summed E-state index contributed by atoms with van der Waals surface area (Å²) in [5.41, 5.74) is 1.20. The number of methoxy groups -OCH3 is 1. The number of hydrogen-bond donors (Lipinski definition) is 1. The average Bonchev–Trinajstić information content (AvgIpc) is 2.83. The number of thiazole rings is 1. The topological polar surface area (TPSA) is 42.4 Å². The van der Waals surface area contributed by atoms with E-state index in [-0.39, 0.29) is 5.75 Å². The Labute approximate surface area is 112 Å². The highest BCUT2D eigenvalue weighted by molar-refractivity contribution is 7.21. The van der Waals surface area contributed by atoms with Crippen LogP contribution in [0.25, 0.3) is 20.8 Å². The number of phenols is 1. The number of fused-ring (bicyclic) bond motifs is 1. The highest BCUT2D eigenvalue weighted by Gasteiger charge is 2.11. The van der Waals surface area contributed by atoms with Gasteiger partial charge in [0.15, 0.2) is 0 Å². The fourth-order valence-electron chi connectivity index (χ4n) is 1.83. The molecule has 3 rings (SSSR count). The Balaban J connectivity index is 2.17. The molecule has 0 amide bonds. The zero-order chi connectivity index (χ0) is 13.4. The number of hydrogen-bond acceptors (Lipinski definition) is 4. The van der Waals surface area contributed by atoms with Crippen LogP contribution in [0.5, 0.6) is 11.5 Å². The lowest BCUT2D eigenvalue weighted by Crippen LogP contribution is -1.81. The Kier molecular flexibility index (Phi) is 2.83. The molecule has 1 aromatic heterocycles. The zero-order valence-electron chi connectivity index (χ0n) is 10.1. The summed E-state index contributed by atoms with van der Waals surface area (Å²) in [5.74, 6) is 0.364. The van der Waals surface area contributed by atoms with Crippen LogP contribution in [0.15, 0.2) is 36.4 Å². The minimum atomic E-state index is -0.398. The van der Waals surface area contributed by atoms with Crippen molar-refractivity contribution in [3.05, 3.63) is 42.2 Å². The molecule has 0 radical (unpaired) electrons. The lowest BCUT2D eigenvalue weighted by molar-refractivity contribution is 0.415. The molecule has 2 aromatic carbocycles. The van der Waals surface area contributed by atoms with E-state index < -0.39 is 5.82 Å². The van der Waals surface area contributed by atoms with E-state index in [2.05, 4.69) is 4.98 Å². The first kappa shape index (κ1) is 11.9. The number of aromatic nitrogens is 1. The van der Waals surface area contributed by atoms with Gasteiger partial charge in [0.05, 0.1) is 22.9 Å². The number of aromatic hydroxyl groups is 1. The van der Waals surface area contributed by atoms with Crippen molar-refractivity contribution in [2.75, 3.05) is 7.11 Å². The standard InChI is InChI=1S/C14H10FNO2S/c1-18-9-3-4-11-13(7-9)19-14(16-11)10-6-8(15)2-5-12(10)17/h2-7,17H,1H3. The summed E-state index contributed by atoms with van der Waals surface area (Å²) >= 11 is 1.38. The number of nitrogens with zero attached hydrogens (tertiary/aromatic N) is 1. The maximum Gasteiger partial charge on any atom is 0.128 e. The molecule has 0 aliphatic carbocycles. The predicted octanol–water partition coefficient (Wildman–Crippen LogP) is 3.82. The molecule has 3 aromatic rings. The number of phenolic OH excluding ortho intramolecular Hbond substituents is 1. The number of rotatable bonds is 2. The summed E-state index contributed by atoms with van der Waals surface area (Å²) in [4.78, 5) is 4.40. The van der Waals surface area contributed by atoms with Crippen molar-refractivity contribution < 1.29 is 14.2 Å². The average molecular weight is 275 g/mol. The van der Waals surface area contributed by atoms with Gasteiger partial charge >= 0.3 is 0 Å². The van der Waals surface area contributed by atoms with Crippen LogP contribution in [-0.2, 0) is 0 Å². The maximum absolute atomic E-state index is 13.3. The van der Waals surface area contributed by atoms with Gasteiger partial charge in [-0.1, -0.05) is 0 Å². The van der Waals surface area contributed by atoms with Crippen molar-refractivity contribution >= 4 is 21.6 Å². The molecule has 0 fully saturated rings. The number of ether oxygens (including phenoxy) is 1. The highest BCUT2D eigenvalue weighted by Crippen LogP contribution is 2.36. The van der Waals surface area contributed by atoms with Crippen molar-refractivity contribution in [3.8, 4) is 22.1 Å². The Morgan fingerprint density at radius 2 is 2.05 bits per heavy atom. The SMILES string of the molecule is COc1ccc2nc(-c3cc(F)ccc3O)sc2c1. The third-order valence-electron chi connectivity index (χ3n) is 2.78. The molecule has 0 spiro atoms. The molecule has 1 N–H and O–H groups in total. The molecule has 0 aliphatic rings. The largest absolute Gasteiger partial charge is 0.507 e. The van der Waals surface area contributed by atoms with Crippen molar-refractivity contribution in [2.24, 2.45) is 0 Å². The van der Waals surface area contributed by atoms with Gasteiger partial charge in [0, 0.05) is 0 Å². The van der Waals surface area contributed by atoms with Gasteiger partial charge in [-0.05, 0) is 36.4 Å². The minimum Gasteiger partial charge on any atom is -0.507 e. The molecule has 0 saturated carbocycles. The Hall–Kier alpha value is -2.14. The van der Waals surface area contributed by atoms with Gasteiger partial charge in [-0.15, -0.1) is 11.3 Å². The van der Waals surface area contributed by atoms with Crippen LogP contribution >= 0.6 is 11.3 Å². The van der Waals surface area contributed by atoms with Gasteiger partial charge in [-0.3, -0.25) is 0 Å². The molecule has 96 valence electrons. The summed E-state index contributed by atoms with van der Waals surface area (Å²) in [7, 11) is 1.60. The predicted molar refractivity (Wildman–Crippen MR) is 73.2 cm³/mol. The van der Waals surface area contributed by atoms with Crippen molar-refractivity contribution in [1.82, 2.24) is 4.98 Å². The third-order valence-corrected chi connectivity index (χ3v) is 3.84. The fraction of sp³-hybridized carbons (Fsp3) is 0.0714. The minimum absolute atomic E-state index is 0.0208. The quantitative estimate of drug-likeness (QED) is 0.773.